The van der Waals surface area contributed by atoms with E-state index < -0.39 is 0 Å². The van der Waals surface area contributed by atoms with E-state index >= 15 is 0 Å². The van der Waals surface area contributed by atoms with E-state index in [1.54, 1.807) is 4.68 Å². The molecule has 1 unspecified atom stereocenters. The molecule has 0 spiro atoms. The first-order chi connectivity index (χ1) is 10.7. The highest BCUT2D eigenvalue weighted by molar-refractivity contribution is 6.22. The summed E-state index contributed by atoms with van der Waals surface area (Å²) in [6.07, 6.45) is 0.992. The standard InChI is InChI=1S/C18H18ClN3/c1-3-13-8-7-11-15(12-13)16(19)18-20-17(21-22(18)2)14-9-5-4-6-10-14/h4-12,16H,3H2,1-2H3. The van der Waals surface area contributed by atoms with E-state index in [2.05, 4.69) is 29.1 Å². The summed E-state index contributed by atoms with van der Waals surface area (Å²) >= 11 is 6.64. The van der Waals surface area contributed by atoms with E-state index in [9.17, 15) is 0 Å². The molecule has 0 fully saturated rings. The van der Waals surface area contributed by atoms with Crippen molar-refractivity contribution in [2.24, 2.45) is 7.05 Å². The smallest absolute Gasteiger partial charge is 0.181 e. The zero-order valence-electron chi connectivity index (χ0n) is 12.7. The summed E-state index contributed by atoms with van der Waals surface area (Å²) in [5.41, 5.74) is 3.32. The van der Waals surface area contributed by atoms with Gasteiger partial charge < -0.3 is 0 Å². The van der Waals surface area contributed by atoms with Gasteiger partial charge in [-0.2, -0.15) is 5.10 Å². The van der Waals surface area contributed by atoms with E-state index in [1.807, 2.05) is 49.5 Å². The highest BCUT2D eigenvalue weighted by Gasteiger charge is 2.19. The van der Waals surface area contributed by atoms with Crippen LogP contribution in [0.4, 0.5) is 0 Å². The zero-order chi connectivity index (χ0) is 15.5. The summed E-state index contributed by atoms with van der Waals surface area (Å²) < 4.78 is 1.76. The van der Waals surface area contributed by atoms with E-state index in [0.29, 0.717) is 5.82 Å². The fraction of sp³-hybridized carbons (Fsp3) is 0.222. The summed E-state index contributed by atoms with van der Waals surface area (Å²) in [5, 5.41) is 4.19. The van der Waals surface area contributed by atoms with Gasteiger partial charge in [-0.05, 0) is 17.5 Å². The van der Waals surface area contributed by atoms with Crippen LogP contribution >= 0.6 is 11.6 Å². The van der Waals surface area contributed by atoms with Gasteiger partial charge in [0.15, 0.2) is 5.82 Å². The number of hydrogen-bond acceptors (Lipinski definition) is 2. The Labute approximate surface area is 135 Å². The van der Waals surface area contributed by atoms with Crippen LogP contribution in [0.1, 0.15) is 29.3 Å². The van der Waals surface area contributed by atoms with Crippen LogP contribution in [-0.4, -0.2) is 14.8 Å². The number of alkyl halides is 1. The number of halogens is 1. The molecular weight excluding hydrogens is 294 g/mol. The predicted octanol–water partition coefficient (Wildman–Crippen LogP) is 4.37. The maximum atomic E-state index is 6.64. The summed E-state index contributed by atoms with van der Waals surface area (Å²) in [4.78, 5) is 4.63. The second-order valence-electron chi connectivity index (χ2n) is 5.24. The molecule has 0 aliphatic heterocycles. The molecule has 0 saturated heterocycles. The van der Waals surface area contributed by atoms with Gasteiger partial charge in [0.2, 0.25) is 0 Å². The molecule has 3 aromatic rings. The Morgan fingerprint density at radius 1 is 1.09 bits per heavy atom. The number of hydrogen-bond donors (Lipinski definition) is 0. The number of benzene rings is 2. The van der Waals surface area contributed by atoms with Crippen LogP contribution in [0.3, 0.4) is 0 Å². The highest BCUT2D eigenvalue weighted by Crippen LogP contribution is 2.29. The average molecular weight is 312 g/mol. The van der Waals surface area contributed by atoms with Crippen LogP contribution < -0.4 is 0 Å². The van der Waals surface area contributed by atoms with Crippen molar-refractivity contribution in [1.29, 1.82) is 0 Å². The lowest BCUT2D eigenvalue weighted by atomic mass is 10.1. The highest BCUT2D eigenvalue weighted by atomic mass is 35.5. The van der Waals surface area contributed by atoms with Gasteiger partial charge in [-0.25, -0.2) is 4.98 Å². The molecule has 4 heteroatoms. The van der Waals surface area contributed by atoms with Crippen molar-refractivity contribution >= 4 is 11.6 Å². The third-order valence-corrected chi connectivity index (χ3v) is 4.15. The summed E-state index contributed by atoms with van der Waals surface area (Å²) in [6, 6.07) is 18.3. The van der Waals surface area contributed by atoms with Crippen LogP contribution in [0.2, 0.25) is 0 Å². The number of nitrogens with zero attached hydrogens (tertiary/aromatic N) is 3. The zero-order valence-corrected chi connectivity index (χ0v) is 13.5. The fourth-order valence-corrected chi connectivity index (χ4v) is 2.77. The summed E-state index contributed by atoms with van der Waals surface area (Å²) in [6.45, 7) is 2.14. The molecule has 0 N–H and O–H groups in total. The van der Waals surface area contributed by atoms with Crippen LogP contribution in [0.15, 0.2) is 54.6 Å². The molecule has 0 aliphatic carbocycles. The molecule has 2 aromatic carbocycles. The third-order valence-electron chi connectivity index (χ3n) is 3.71. The topological polar surface area (TPSA) is 30.7 Å². The Morgan fingerprint density at radius 3 is 2.59 bits per heavy atom. The van der Waals surface area contributed by atoms with Gasteiger partial charge in [-0.3, -0.25) is 4.68 Å². The van der Waals surface area contributed by atoms with Gasteiger partial charge in [0.05, 0.1) is 0 Å². The van der Waals surface area contributed by atoms with Crippen molar-refractivity contribution in [3.05, 3.63) is 71.5 Å². The first-order valence-electron chi connectivity index (χ1n) is 7.38. The molecular formula is C18H18ClN3. The lowest BCUT2D eigenvalue weighted by Crippen LogP contribution is -2.04. The van der Waals surface area contributed by atoms with Gasteiger partial charge in [-0.1, -0.05) is 61.5 Å². The van der Waals surface area contributed by atoms with Crippen LogP contribution in [0.25, 0.3) is 11.4 Å². The Bertz CT molecular complexity index is 765. The van der Waals surface area contributed by atoms with Crippen LogP contribution in [0.5, 0.6) is 0 Å². The van der Waals surface area contributed by atoms with E-state index in [4.69, 9.17) is 11.6 Å². The second-order valence-corrected chi connectivity index (χ2v) is 5.68. The molecule has 1 heterocycles. The number of aryl methyl sites for hydroxylation is 2. The van der Waals surface area contributed by atoms with Crippen molar-refractivity contribution in [2.75, 3.05) is 0 Å². The predicted molar refractivity (Wildman–Crippen MR) is 90.0 cm³/mol. The Balaban J connectivity index is 1.96. The maximum Gasteiger partial charge on any atom is 0.181 e. The van der Waals surface area contributed by atoms with E-state index in [1.165, 1.54) is 5.56 Å². The molecule has 3 rings (SSSR count). The fourth-order valence-electron chi connectivity index (χ4n) is 2.45. The molecule has 0 amide bonds. The average Bonchev–Trinajstić information content (AvgIpc) is 2.97. The lowest BCUT2D eigenvalue weighted by Gasteiger charge is -2.10. The Hall–Kier alpha value is -2.13. The van der Waals surface area contributed by atoms with Gasteiger partial charge in [0.25, 0.3) is 0 Å². The monoisotopic (exact) mass is 311 g/mol. The summed E-state index contributed by atoms with van der Waals surface area (Å²) in [7, 11) is 1.88. The number of aromatic nitrogens is 3. The maximum absolute atomic E-state index is 6.64. The molecule has 0 radical (unpaired) electrons. The molecule has 0 aliphatic rings. The molecule has 3 nitrogen and oxygen atoms in total. The van der Waals surface area contributed by atoms with Gasteiger partial charge >= 0.3 is 0 Å². The molecule has 1 atom stereocenters. The Morgan fingerprint density at radius 2 is 1.86 bits per heavy atom. The molecule has 1 aromatic heterocycles. The SMILES string of the molecule is CCc1cccc(C(Cl)c2nc(-c3ccccc3)nn2C)c1. The third kappa shape index (κ3) is 2.90. The van der Waals surface area contributed by atoms with Crippen molar-refractivity contribution < 1.29 is 0 Å². The number of rotatable bonds is 4. The summed E-state index contributed by atoms with van der Waals surface area (Å²) in [5.74, 6) is 1.46. The minimum absolute atomic E-state index is 0.304. The van der Waals surface area contributed by atoms with Crippen molar-refractivity contribution in [3.63, 3.8) is 0 Å². The molecule has 0 saturated carbocycles. The first-order valence-corrected chi connectivity index (χ1v) is 7.82. The molecule has 0 bridgehead atoms. The van der Waals surface area contributed by atoms with Crippen LogP contribution in [0, 0.1) is 0 Å². The normalized spacial score (nSPS) is 12.3. The van der Waals surface area contributed by atoms with Gasteiger partial charge in [0, 0.05) is 12.6 Å². The largest absolute Gasteiger partial charge is 0.251 e. The van der Waals surface area contributed by atoms with E-state index in [0.717, 1.165) is 23.4 Å². The first kappa shape index (κ1) is 14.8. The van der Waals surface area contributed by atoms with Gasteiger partial charge in [0.1, 0.15) is 11.2 Å². The molecule has 112 valence electrons. The minimum atomic E-state index is -0.304. The second kappa shape index (κ2) is 6.32. The van der Waals surface area contributed by atoms with E-state index in [-0.39, 0.29) is 5.38 Å². The van der Waals surface area contributed by atoms with Crippen molar-refractivity contribution in [3.8, 4) is 11.4 Å². The Kier molecular flexibility index (Phi) is 4.25. The van der Waals surface area contributed by atoms with Crippen LogP contribution in [-0.2, 0) is 13.5 Å². The minimum Gasteiger partial charge on any atom is -0.251 e. The van der Waals surface area contributed by atoms with Crippen molar-refractivity contribution in [1.82, 2.24) is 14.8 Å². The van der Waals surface area contributed by atoms with Gasteiger partial charge in [-0.15, -0.1) is 11.6 Å². The molecule has 22 heavy (non-hydrogen) atoms. The lowest BCUT2D eigenvalue weighted by molar-refractivity contribution is 0.711. The quantitative estimate of drug-likeness (QED) is 0.670. The van der Waals surface area contributed by atoms with Crippen molar-refractivity contribution in [2.45, 2.75) is 18.7 Å².